The van der Waals surface area contributed by atoms with E-state index in [1.807, 2.05) is 6.92 Å². The van der Waals surface area contributed by atoms with Crippen LogP contribution in [-0.4, -0.2) is 53.7 Å². The Balaban J connectivity index is 3.64. The van der Waals surface area contributed by atoms with Gasteiger partial charge in [0.05, 0.1) is 0 Å². The van der Waals surface area contributed by atoms with Crippen molar-refractivity contribution in [3.05, 3.63) is 0 Å². The van der Waals surface area contributed by atoms with E-state index in [1.165, 1.54) is 0 Å². The molecule has 2 radical (unpaired) electrons. The van der Waals surface area contributed by atoms with Crippen LogP contribution in [0.2, 0.25) is 0 Å². The van der Waals surface area contributed by atoms with Crippen molar-refractivity contribution >= 4 is 37.9 Å². The van der Waals surface area contributed by atoms with Gasteiger partial charge in [0, 0.05) is 0 Å². The van der Waals surface area contributed by atoms with Gasteiger partial charge in [-0.05, 0) is 0 Å². The van der Waals surface area contributed by atoms with E-state index < -0.39 is 0 Å². The predicted molar refractivity (Wildman–Crippen MR) is 38.4 cm³/mol. The molecule has 0 atom stereocenters. The molecule has 0 aromatic heterocycles. The molecule has 0 bridgehead atoms. The van der Waals surface area contributed by atoms with Gasteiger partial charge in [-0.25, -0.2) is 0 Å². The van der Waals surface area contributed by atoms with Crippen molar-refractivity contribution in [3.63, 3.8) is 0 Å². The SMILES string of the molecule is CCC(=O)N(C[Se])C[Se]. The summed E-state index contributed by atoms with van der Waals surface area (Å²) in [5, 5.41) is 0. The van der Waals surface area contributed by atoms with Crippen LogP contribution < -0.4 is 0 Å². The van der Waals surface area contributed by atoms with E-state index in [0.29, 0.717) is 17.3 Å². The van der Waals surface area contributed by atoms with E-state index in [-0.39, 0.29) is 5.91 Å². The van der Waals surface area contributed by atoms with E-state index in [2.05, 4.69) is 32.0 Å². The first-order valence-electron chi connectivity index (χ1n) is 2.70. The number of carbonyl (C=O) groups is 1. The van der Waals surface area contributed by atoms with Gasteiger partial charge in [-0.2, -0.15) is 0 Å². The van der Waals surface area contributed by atoms with Crippen molar-refractivity contribution in [2.24, 2.45) is 0 Å². The van der Waals surface area contributed by atoms with Crippen LogP contribution in [0.5, 0.6) is 0 Å². The summed E-state index contributed by atoms with van der Waals surface area (Å²) in [5.41, 5.74) is 1.36. The van der Waals surface area contributed by atoms with Crippen molar-refractivity contribution < 1.29 is 4.79 Å². The predicted octanol–water partition coefficient (Wildman–Crippen LogP) is -0.523. The van der Waals surface area contributed by atoms with Gasteiger partial charge < -0.3 is 0 Å². The quantitative estimate of drug-likeness (QED) is 0.623. The molecule has 0 spiro atoms. The maximum absolute atomic E-state index is 10.9. The molecular formula is C5H9NOSe2. The van der Waals surface area contributed by atoms with Gasteiger partial charge in [0.2, 0.25) is 0 Å². The fourth-order valence-electron chi connectivity index (χ4n) is 0.405. The van der Waals surface area contributed by atoms with Crippen LogP contribution in [0.1, 0.15) is 13.3 Å². The zero-order chi connectivity index (χ0) is 7.28. The summed E-state index contributed by atoms with van der Waals surface area (Å²) in [7, 11) is 0. The average molecular weight is 257 g/mol. The fourth-order valence-corrected chi connectivity index (χ4v) is 1.98. The minimum atomic E-state index is 0.188. The molecule has 0 aliphatic heterocycles. The normalized spacial score (nSPS) is 9.22. The monoisotopic (exact) mass is 259 g/mol. The van der Waals surface area contributed by atoms with Crippen molar-refractivity contribution in [2.75, 3.05) is 10.9 Å². The van der Waals surface area contributed by atoms with E-state index in [4.69, 9.17) is 0 Å². The number of amides is 1. The summed E-state index contributed by atoms with van der Waals surface area (Å²) in [4.78, 5) is 12.6. The molecule has 0 N–H and O–H groups in total. The molecule has 0 unspecified atom stereocenters. The number of rotatable bonds is 3. The Labute approximate surface area is 72.0 Å². The Morgan fingerprint density at radius 2 is 1.89 bits per heavy atom. The molecule has 0 aromatic carbocycles. The third kappa shape index (κ3) is 3.26. The second kappa shape index (κ2) is 5.31. The number of nitrogens with zero attached hydrogens (tertiary/aromatic N) is 1. The van der Waals surface area contributed by atoms with Gasteiger partial charge >= 0.3 is 71.9 Å². The Bertz CT molecular complexity index is 93.0. The molecule has 0 fully saturated rings. The first-order valence-corrected chi connectivity index (χ1v) is 5.12. The molecular weight excluding hydrogens is 248 g/mol. The summed E-state index contributed by atoms with van der Waals surface area (Å²) in [6.45, 7) is 1.86. The number of carbonyl (C=O) groups excluding carboxylic acids is 1. The van der Waals surface area contributed by atoms with Gasteiger partial charge in [0.25, 0.3) is 0 Å². The second-order valence-electron chi connectivity index (χ2n) is 1.55. The molecule has 0 saturated carbocycles. The summed E-state index contributed by atoms with van der Waals surface area (Å²) >= 11 is 5.59. The molecule has 0 rings (SSSR count). The zero-order valence-electron chi connectivity index (χ0n) is 5.29. The van der Waals surface area contributed by atoms with Crippen molar-refractivity contribution in [3.8, 4) is 0 Å². The third-order valence-electron chi connectivity index (χ3n) is 0.967. The first kappa shape index (κ1) is 9.51. The number of hydrogen-bond acceptors (Lipinski definition) is 1. The van der Waals surface area contributed by atoms with Crippen LogP contribution in [0.4, 0.5) is 0 Å². The van der Waals surface area contributed by atoms with Crippen LogP contribution >= 0.6 is 0 Å². The summed E-state index contributed by atoms with van der Waals surface area (Å²) < 4.78 is 0. The van der Waals surface area contributed by atoms with Crippen molar-refractivity contribution in [2.45, 2.75) is 13.3 Å². The van der Waals surface area contributed by atoms with E-state index in [0.717, 1.165) is 0 Å². The van der Waals surface area contributed by atoms with Crippen LogP contribution in [0.3, 0.4) is 0 Å². The van der Waals surface area contributed by atoms with Crippen LogP contribution in [0.25, 0.3) is 0 Å². The Hall–Kier alpha value is 0.509. The maximum atomic E-state index is 10.9. The van der Waals surface area contributed by atoms with Gasteiger partial charge in [-0.1, -0.05) is 0 Å². The molecule has 0 aliphatic carbocycles. The Morgan fingerprint density at radius 3 is 2.00 bits per heavy atom. The van der Waals surface area contributed by atoms with Gasteiger partial charge in [0.1, 0.15) is 0 Å². The minimum absolute atomic E-state index is 0.188. The summed E-state index contributed by atoms with van der Waals surface area (Å²) in [5.74, 6) is 0.188. The standard InChI is InChI=1S/C5H9NOSe2/c1-2-5(7)6(3-8)4-9/h2-4H2,1H3. The molecule has 4 heteroatoms. The van der Waals surface area contributed by atoms with Crippen molar-refractivity contribution in [1.82, 2.24) is 4.90 Å². The van der Waals surface area contributed by atoms with E-state index >= 15 is 0 Å². The van der Waals surface area contributed by atoms with E-state index in [1.54, 1.807) is 4.90 Å². The zero-order valence-corrected chi connectivity index (χ0v) is 8.72. The topological polar surface area (TPSA) is 20.3 Å². The summed E-state index contributed by atoms with van der Waals surface area (Å²) in [6, 6.07) is 0. The van der Waals surface area contributed by atoms with Crippen LogP contribution in [0, 0.1) is 0 Å². The fraction of sp³-hybridized carbons (Fsp3) is 0.800. The van der Waals surface area contributed by atoms with Crippen LogP contribution in [-0.2, 0) is 4.79 Å². The van der Waals surface area contributed by atoms with E-state index in [9.17, 15) is 4.79 Å². The molecule has 52 valence electrons. The molecule has 0 aliphatic rings. The van der Waals surface area contributed by atoms with Gasteiger partial charge in [-0.15, -0.1) is 0 Å². The molecule has 2 nitrogen and oxygen atoms in total. The molecule has 9 heavy (non-hydrogen) atoms. The Morgan fingerprint density at radius 1 is 1.44 bits per heavy atom. The molecule has 0 aromatic rings. The molecule has 0 saturated heterocycles. The molecule has 1 amide bonds. The van der Waals surface area contributed by atoms with Gasteiger partial charge in [0.15, 0.2) is 0 Å². The first-order chi connectivity index (χ1) is 4.26. The Kier molecular flexibility index (Phi) is 5.61. The summed E-state index contributed by atoms with van der Waals surface area (Å²) in [6.07, 6.45) is 0.587. The van der Waals surface area contributed by atoms with Gasteiger partial charge in [-0.3, -0.25) is 0 Å². The van der Waals surface area contributed by atoms with Crippen LogP contribution in [0.15, 0.2) is 0 Å². The third-order valence-corrected chi connectivity index (χ3v) is 2.27. The van der Waals surface area contributed by atoms with Crippen molar-refractivity contribution in [1.29, 1.82) is 0 Å². The second-order valence-corrected chi connectivity index (χ2v) is 2.63. The average Bonchev–Trinajstić information content (AvgIpc) is 1.90. The number of hydrogen-bond donors (Lipinski definition) is 0. The molecule has 0 heterocycles.